The molecule has 3 rings (SSSR count). The summed E-state index contributed by atoms with van der Waals surface area (Å²) in [5.74, 6) is 0.577. The molecule has 1 aliphatic heterocycles. The highest BCUT2D eigenvalue weighted by Gasteiger charge is 2.33. The molecule has 1 amide bonds. The van der Waals surface area contributed by atoms with Crippen LogP contribution in [0.1, 0.15) is 34.8 Å². The molecule has 8 heteroatoms. The van der Waals surface area contributed by atoms with Crippen LogP contribution in [0.4, 0.5) is 13.2 Å². The average molecular weight is 395 g/mol. The molecule has 2 aromatic rings. The van der Waals surface area contributed by atoms with Crippen LogP contribution in [0.2, 0.25) is 0 Å². The summed E-state index contributed by atoms with van der Waals surface area (Å²) >= 11 is 0. The van der Waals surface area contributed by atoms with Crippen LogP contribution in [0, 0.1) is 0 Å². The highest BCUT2D eigenvalue weighted by Crippen LogP contribution is 2.37. The van der Waals surface area contributed by atoms with E-state index in [9.17, 15) is 18.0 Å². The summed E-state index contributed by atoms with van der Waals surface area (Å²) in [5, 5.41) is 0. The van der Waals surface area contributed by atoms with E-state index >= 15 is 0 Å². The van der Waals surface area contributed by atoms with Crippen molar-refractivity contribution in [3.05, 3.63) is 53.6 Å². The second-order valence-corrected chi connectivity index (χ2v) is 6.34. The van der Waals surface area contributed by atoms with Crippen LogP contribution in [0.25, 0.3) is 0 Å². The molecule has 1 fully saturated rings. The average Bonchev–Trinajstić information content (AvgIpc) is 3.16. The molecular weight excluding hydrogens is 375 g/mol. The first-order valence-corrected chi connectivity index (χ1v) is 8.71. The maximum absolute atomic E-state index is 12.9. The fourth-order valence-electron chi connectivity index (χ4n) is 3.38. The van der Waals surface area contributed by atoms with Gasteiger partial charge in [-0.15, -0.1) is 13.2 Å². The number of likely N-dealkylation sites (tertiary alicyclic amines) is 1. The number of carbonyl (C=O) groups excluding carboxylic acids is 1. The number of benzene rings is 2. The number of nitrogens with zero attached hydrogens (tertiary/aromatic N) is 1. The van der Waals surface area contributed by atoms with Gasteiger partial charge in [-0.3, -0.25) is 4.79 Å². The van der Waals surface area contributed by atoms with Crippen LogP contribution in [0.5, 0.6) is 17.2 Å². The molecule has 0 radical (unpaired) electrons. The van der Waals surface area contributed by atoms with Crippen LogP contribution in [-0.2, 0) is 0 Å². The van der Waals surface area contributed by atoms with E-state index < -0.39 is 6.36 Å². The summed E-state index contributed by atoms with van der Waals surface area (Å²) in [4.78, 5) is 14.6. The molecule has 1 atom stereocenters. The Morgan fingerprint density at radius 2 is 1.71 bits per heavy atom. The number of carbonyl (C=O) groups is 1. The normalized spacial score (nSPS) is 16.8. The van der Waals surface area contributed by atoms with Gasteiger partial charge in [-0.25, -0.2) is 0 Å². The van der Waals surface area contributed by atoms with E-state index in [2.05, 4.69) is 4.74 Å². The quantitative estimate of drug-likeness (QED) is 0.744. The van der Waals surface area contributed by atoms with Gasteiger partial charge in [0.2, 0.25) is 0 Å². The van der Waals surface area contributed by atoms with Crippen molar-refractivity contribution in [2.45, 2.75) is 25.2 Å². The Morgan fingerprint density at radius 3 is 2.32 bits per heavy atom. The van der Waals surface area contributed by atoms with E-state index in [1.807, 2.05) is 12.1 Å². The zero-order chi connectivity index (χ0) is 20.3. The third-order valence-corrected chi connectivity index (χ3v) is 4.64. The van der Waals surface area contributed by atoms with E-state index in [0.717, 1.165) is 30.5 Å². The number of halogens is 3. The molecule has 1 unspecified atom stereocenters. The number of hydrogen-bond acceptors (Lipinski definition) is 4. The van der Waals surface area contributed by atoms with Crippen LogP contribution in [0.15, 0.2) is 42.5 Å². The maximum Gasteiger partial charge on any atom is 0.573 e. The first-order valence-electron chi connectivity index (χ1n) is 8.71. The van der Waals surface area contributed by atoms with Crippen molar-refractivity contribution in [3.8, 4) is 17.2 Å². The summed E-state index contributed by atoms with van der Waals surface area (Å²) in [7, 11) is 3.10. The SMILES string of the molecule is COc1ccc(C2CCCN2C(=O)c2ccc(OC(F)(F)F)cc2)cc1OC. The molecular formula is C20H20F3NO4. The fourth-order valence-corrected chi connectivity index (χ4v) is 3.38. The second kappa shape index (κ2) is 8.00. The van der Waals surface area contributed by atoms with Crippen LogP contribution < -0.4 is 14.2 Å². The third kappa shape index (κ3) is 4.32. The van der Waals surface area contributed by atoms with E-state index in [-0.39, 0.29) is 17.7 Å². The topological polar surface area (TPSA) is 48.0 Å². The zero-order valence-corrected chi connectivity index (χ0v) is 15.5. The summed E-state index contributed by atoms with van der Waals surface area (Å²) in [6.45, 7) is 0.568. The molecule has 5 nitrogen and oxygen atoms in total. The molecule has 0 spiro atoms. The molecule has 1 aliphatic rings. The lowest BCUT2D eigenvalue weighted by molar-refractivity contribution is -0.274. The summed E-state index contributed by atoms with van der Waals surface area (Å²) in [5.41, 5.74) is 1.22. The Balaban J connectivity index is 1.80. The Labute approximate surface area is 160 Å². The predicted octanol–water partition coefficient (Wildman–Crippen LogP) is 4.58. The Bertz CT molecular complexity index is 836. The van der Waals surface area contributed by atoms with Crippen LogP contribution >= 0.6 is 0 Å². The minimum atomic E-state index is -4.76. The second-order valence-electron chi connectivity index (χ2n) is 6.34. The van der Waals surface area contributed by atoms with E-state index in [1.165, 1.54) is 12.1 Å². The van der Waals surface area contributed by atoms with E-state index in [4.69, 9.17) is 9.47 Å². The van der Waals surface area contributed by atoms with Gasteiger partial charge >= 0.3 is 6.36 Å². The van der Waals surface area contributed by atoms with Gasteiger partial charge in [-0.2, -0.15) is 0 Å². The maximum atomic E-state index is 12.9. The van der Waals surface area contributed by atoms with Gasteiger partial charge in [0, 0.05) is 12.1 Å². The minimum Gasteiger partial charge on any atom is -0.493 e. The monoisotopic (exact) mass is 395 g/mol. The van der Waals surface area contributed by atoms with Gasteiger partial charge in [0.05, 0.1) is 20.3 Å². The highest BCUT2D eigenvalue weighted by atomic mass is 19.4. The van der Waals surface area contributed by atoms with Gasteiger partial charge in [0.15, 0.2) is 11.5 Å². The molecule has 150 valence electrons. The predicted molar refractivity (Wildman–Crippen MR) is 95.7 cm³/mol. The van der Waals surface area contributed by atoms with Gasteiger partial charge < -0.3 is 19.1 Å². The molecule has 0 saturated carbocycles. The van der Waals surface area contributed by atoms with Crippen molar-refractivity contribution >= 4 is 5.91 Å². The molecule has 0 aliphatic carbocycles. The zero-order valence-electron chi connectivity index (χ0n) is 15.5. The number of hydrogen-bond donors (Lipinski definition) is 0. The van der Waals surface area contributed by atoms with Gasteiger partial charge in [0.25, 0.3) is 5.91 Å². The van der Waals surface area contributed by atoms with Crippen molar-refractivity contribution in [3.63, 3.8) is 0 Å². The molecule has 1 saturated heterocycles. The van der Waals surface area contributed by atoms with Crippen molar-refractivity contribution in [1.82, 2.24) is 4.90 Å². The number of ether oxygens (including phenoxy) is 3. The van der Waals surface area contributed by atoms with Crippen LogP contribution in [0.3, 0.4) is 0 Å². The smallest absolute Gasteiger partial charge is 0.493 e. The summed E-state index contributed by atoms with van der Waals surface area (Å²) in [6.07, 6.45) is -3.14. The van der Waals surface area contributed by atoms with Crippen molar-refractivity contribution < 1.29 is 32.2 Å². The Kier molecular flexibility index (Phi) is 5.67. The summed E-state index contributed by atoms with van der Waals surface area (Å²) < 4.78 is 51.3. The lowest BCUT2D eigenvalue weighted by Gasteiger charge is -2.26. The number of rotatable bonds is 5. The molecule has 0 bridgehead atoms. The van der Waals surface area contributed by atoms with Crippen LogP contribution in [-0.4, -0.2) is 37.9 Å². The van der Waals surface area contributed by atoms with E-state index in [0.29, 0.717) is 23.6 Å². The molecule has 0 N–H and O–H groups in total. The number of alkyl halides is 3. The molecule has 0 aromatic heterocycles. The first-order chi connectivity index (χ1) is 13.3. The highest BCUT2D eigenvalue weighted by molar-refractivity contribution is 5.94. The van der Waals surface area contributed by atoms with Gasteiger partial charge in [-0.05, 0) is 54.8 Å². The van der Waals surface area contributed by atoms with E-state index in [1.54, 1.807) is 25.2 Å². The van der Waals surface area contributed by atoms with Gasteiger partial charge in [-0.1, -0.05) is 6.07 Å². The molecule has 28 heavy (non-hydrogen) atoms. The largest absolute Gasteiger partial charge is 0.573 e. The molecule has 1 heterocycles. The Morgan fingerprint density at radius 1 is 1.04 bits per heavy atom. The number of amides is 1. The third-order valence-electron chi connectivity index (χ3n) is 4.64. The first kappa shape index (κ1) is 19.9. The number of methoxy groups -OCH3 is 2. The van der Waals surface area contributed by atoms with Crippen molar-refractivity contribution in [2.75, 3.05) is 20.8 Å². The summed E-state index contributed by atoms with van der Waals surface area (Å²) in [6, 6.07) is 10.3. The standard InChI is InChI=1S/C20H20F3NO4/c1-26-17-10-7-14(12-18(17)27-2)16-4-3-11-24(16)19(25)13-5-8-15(9-6-13)28-20(21,22)23/h5-10,12,16H,3-4,11H2,1-2H3. The lowest BCUT2D eigenvalue weighted by atomic mass is 10.0. The molecule has 2 aromatic carbocycles. The Hall–Kier alpha value is -2.90. The minimum absolute atomic E-state index is 0.140. The fraction of sp³-hybridized carbons (Fsp3) is 0.350. The van der Waals surface area contributed by atoms with Crippen molar-refractivity contribution in [1.29, 1.82) is 0 Å². The van der Waals surface area contributed by atoms with Gasteiger partial charge in [0.1, 0.15) is 5.75 Å². The lowest BCUT2D eigenvalue weighted by Crippen LogP contribution is -2.30. The van der Waals surface area contributed by atoms with Crippen molar-refractivity contribution in [2.24, 2.45) is 0 Å².